The molecule has 1 aliphatic rings. The molecule has 10 heteroatoms. The second-order valence-electron chi connectivity index (χ2n) is 7.34. The van der Waals surface area contributed by atoms with E-state index in [0.717, 1.165) is 12.1 Å². The molecule has 0 saturated carbocycles. The fourth-order valence-electron chi connectivity index (χ4n) is 3.36. The minimum atomic E-state index is -4.46. The largest absolute Gasteiger partial charge is 0.496 e. The fourth-order valence-corrected chi connectivity index (χ4v) is 3.62. The van der Waals surface area contributed by atoms with Crippen LogP contribution in [0.25, 0.3) is 6.08 Å². The second kappa shape index (κ2) is 9.60. The van der Waals surface area contributed by atoms with E-state index in [2.05, 4.69) is 5.32 Å². The number of furan rings is 1. The molecular formula is C24H19F3N2O4S. The number of alkyl halides is 3. The summed E-state index contributed by atoms with van der Waals surface area (Å²) in [6.45, 7) is 0.166. The number of rotatable bonds is 7. The summed E-state index contributed by atoms with van der Waals surface area (Å²) in [5.74, 6) is 0.859. The lowest BCUT2D eigenvalue weighted by molar-refractivity contribution is -0.137. The van der Waals surface area contributed by atoms with Crippen molar-refractivity contribution >= 4 is 29.3 Å². The molecule has 1 saturated heterocycles. The van der Waals surface area contributed by atoms with Gasteiger partial charge in [0.2, 0.25) is 0 Å². The summed E-state index contributed by atoms with van der Waals surface area (Å²) in [5, 5.41) is 3.16. The van der Waals surface area contributed by atoms with Gasteiger partial charge in [0.15, 0.2) is 5.11 Å². The van der Waals surface area contributed by atoms with E-state index in [0.29, 0.717) is 22.6 Å². The van der Waals surface area contributed by atoms with Crippen molar-refractivity contribution in [3.63, 3.8) is 0 Å². The van der Waals surface area contributed by atoms with Gasteiger partial charge in [-0.25, -0.2) is 0 Å². The van der Waals surface area contributed by atoms with Gasteiger partial charge in [0.1, 0.15) is 29.6 Å². The minimum absolute atomic E-state index is 0.0358. The average Bonchev–Trinajstić information content (AvgIpc) is 3.41. The Morgan fingerprint density at radius 3 is 2.68 bits per heavy atom. The van der Waals surface area contributed by atoms with E-state index < -0.39 is 11.7 Å². The zero-order valence-corrected chi connectivity index (χ0v) is 18.7. The van der Waals surface area contributed by atoms with E-state index in [4.69, 9.17) is 26.1 Å². The topological polar surface area (TPSA) is 63.9 Å². The van der Waals surface area contributed by atoms with Crippen LogP contribution >= 0.6 is 12.2 Å². The molecule has 6 nitrogen and oxygen atoms in total. The summed E-state index contributed by atoms with van der Waals surface area (Å²) in [6.07, 6.45) is -1.32. The maximum absolute atomic E-state index is 13.0. The predicted octanol–water partition coefficient (Wildman–Crippen LogP) is 5.14. The zero-order chi connectivity index (χ0) is 24.3. The Balaban J connectivity index is 1.52. The Kier molecular flexibility index (Phi) is 6.60. The van der Waals surface area contributed by atoms with E-state index in [9.17, 15) is 18.0 Å². The molecule has 1 N–H and O–H groups in total. The van der Waals surface area contributed by atoms with E-state index in [1.807, 2.05) is 0 Å². The predicted molar refractivity (Wildman–Crippen MR) is 122 cm³/mol. The van der Waals surface area contributed by atoms with Crippen LogP contribution < -0.4 is 14.8 Å². The third kappa shape index (κ3) is 5.23. The first-order valence-corrected chi connectivity index (χ1v) is 10.5. The Labute approximate surface area is 198 Å². The van der Waals surface area contributed by atoms with Gasteiger partial charge in [-0.2, -0.15) is 13.2 Å². The van der Waals surface area contributed by atoms with Gasteiger partial charge in [-0.05, 0) is 66.3 Å². The van der Waals surface area contributed by atoms with Gasteiger partial charge >= 0.3 is 6.18 Å². The molecule has 4 rings (SSSR count). The number of carbonyl (C=O) groups is 1. The van der Waals surface area contributed by atoms with Crippen molar-refractivity contribution in [1.29, 1.82) is 0 Å². The molecule has 0 aliphatic carbocycles. The van der Waals surface area contributed by atoms with E-state index in [-0.39, 0.29) is 35.6 Å². The van der Waals surface area contributed by atoms with Crippen molar-refractivity contribution in [1.82, 2.24) is 10.2 Å². The van der Waals surface area contributed by atoms with Crippen LogP contribution in [-0.2, 0) is 24.1 Å². The van der Waals surface area contributed by atoms with Crippen molar-refractivity contribution in [2.75, 3.05) is 7.11 Å². The fraction of sp³-hybridized carbons (Fsp3) is 0.167. The molecular weight excluding hydrogens is 469 g/mol. The molecule has 0 unspecified atom stereocenters. The van der Waals surface area contributed by atoms with Gasteiger partial charge in [0.25, 0.3) is 5.91 Å². The molecule has 1 aromatic heterocycles. The number of ether oxygens (including phenoxy) is 2. The summed E-state index contributed by atoms with van der Waals surface area (Å²) in [7, 11) is 1.48. The van der Waals surface area contributed by atoms with Gasteiger partial charge < -0.3 is 19.2 Å². The third-order valence-corrected chi connectivity index (χ3v) is 5.35. The SMILES string of the molecule is COc1ccc(/C=C2/NC(=S)N(Cc3ccco3)C2=O)cc1COc1cccc(C(F)(F)F)c1. The molecule has 0 bridgehead atoms. The Morgan fingerprint density at radius 2 is 1.97 bits per heavy atom. The summed E-state index contributed by atoms with van der Waals surface area (Å²) in [4.78, 5) is 14.2. The van der Waals surface area contributed by atoms with Crippen molar-refractivity contribution < 1.29 is 31.9 Å². The number of halogens is 3. The van der Waals surface area contributed by atoms with Crippen molar-refractivity contribution in [2.45, 2.75) is 19.3 Å². The molecule has 0 radical (unpaired) electrons. The van der Waals surface area contributed by atoms with Gasteiger partial charge in [0, 0.05) is 5.56 Å². The number of methoxy groups -OCH3 is 1. The highest BCUT2D eigenvalue weighted by Crippen LogP contribution is 2.32. The van der Waals surface area contributed by atoms with Crippen LogP contribution in [0.15, 0.2) is 71.0 Å². The third-order valence-electron chi connectivity index (χ3n) is 5.03. The van der Waals surface area contributed by atoms with Crippen molar-refractivity contribution in [3.8, 4) is 11.5 Å². The molecule has 2 aromatic carbocycles. The number of carbonyl (C=O) groups excluding carboxylic acids is 1. The van der Waals surface area contributed by atoms with Crippen LogP contribution in [0.2, 0.25) is 0 Å². The summed E-state index contributed by atoms with van der Waals surface area (Å²) in [6, 6.07) is 13.3. The van der Waals surface area contributed by atoms with Crippen LogP contribution in [0.4, 0.5) is 13.2 Å². The van der Waals surface area contributed by atoms with Gasteiger partial charge in [-0.15, -0.1) is 0 Å². The lowest BCUT2D eigenvalue weighted by Gasteiger charge is -2.13. The smallest absolute Gasteiger partial charge is 0.416 e. The highest BCUT2D eigenvalue weighted by Gasteiger charge is 2.32. The molecule has 2 heterocycles. The maximum Gasteiger partial charge on any atom is 0.416 e. The molecule has 1 amide bonds. The van der Waals surface area contributed by atoms with E-state index in [1.165, 1.54) is 30.4 Å². The quantitative estimate of drug-likeness (QED) is 0.367. The summed E-state index contributed by atoms with van der Waals surface area (Å²) >= 11 is 5.27. The highest BCUT2D eigenvalue weighted by atomic mass is 32.1. The molecule has 1 aliphatic heterocycles. The lowest BCUT2D eigenvalue weighted by Crippen LogP contribution is -2.29. The standard InChI is InChI=1S/C24H19F3N2O4S/c1-31-21-8-7-15(10-16(21)14-33-18-5-2-4-17(12-18)24(25,26)27)11-20-22(30)29(23(34)28-20)13-19-6-3-9-32-19/h2-12H,13-14H2,1H3,(H,28,34)/b20-11+. The molecule has 1 fully saturated rings. The number of benzene rings is 2. The molecule has 34 heavy (non-hydrogen) atoms. The van der Waals surface area contributed by atoms with Gasteiger partial charge in [0.05, 0.1) is 25.5 Å². The molecule has 0 spiro atoms. The lowest BCUT2D eigenvalue weighted by atomic mass is 10.1. The van der Waals surface area contributed by atoms with E-state index in [1.54, 1.807) is 36.4 Å². The van der Waals surface area contributed by atoms with Crippen LogP contribution in [0.5, 0.6) is 11.5 Å². The monoisotopic (exact) mass is 488 g/mol. The van der Waals surface area contributed by atoms with Crippen LogP contribution in [0.1, 0.15) is 22.5 Å². The molecule has 3 aromatic rings. The first-order valence-electron chi connectivity index (χ1n) is 10.1. The zero-order valence-electron chi connectivity index (χ0n) is 17.9. The Morgan fingerprint density at radius 1 is 1.15 bits per heavy atom. The van der Waals surface area contributed by atoms with Crippen LogP contribution in [0.3, 0.4) is 0 Å². The number of hydrogen-bond donors (Lipinski definition) is 1. The first-order chi connectivity index (χ1) is 16.2. The van der Waals surface area contributed by atoms with Crippen LogP contribution in [0, 0.1) is 0 Å². The first kappa shape index (κ1) is 23.4. The maximum atomic E-state index is 13.0. The highest BCUT2D eigenvalue weighted by molar-refractivity contribution is 7.80. The summed E-state index contributed by atoms with van der Waals surface area (Å²) < 4.78 is 55.1. The number of nitrogens with zero attached hydrogens (tertiary/aromatic N) is 1. The summed E-state index contributed by atoms with van der Waals surface area (Å²) in [5.41, 5.74) is 0.736. The number of thiocarbonyl (C=S) groups is 1. The molecule has 0 atom stereocenters. The van der Waals surface area contributed by atoms with Gasteiger partial charge in [-0.1, -0.05) is 12.1 Å². The van der Waals surface area contributed by atoms with Crippen molar-refractivity contribution in [2.24, 2.45) is 0 Å². The van der Waals surface area contributed by atoms with Crippen LogP contribution in [-0.4, -0.2) is 23.0 Å². The Hall–Kier alpha value is -3.79. The van der Waals surface area contributed by atoms with Gasteiger partial charge in [-0.3, -0.25) is 9.69 Å². The Bertz CT molecular complexity index is 1240. The normalized spacial score (nSPS) is 15.1. The van der Waals surface area contributed by atoms with E-state index >= 15 is 0 Å². The number of hydrogen-bond acceptors (Lipinski definition) is 5. The average molecular weight is 488 g/mol. The number of amides is 1. The molecule has 176 valence electrons. The van der Waals surface area contributed by atoms with Crippen molar-refractivity contribution in [3.05, 3.63) is 89.0 Å². The minimum Gasteiger partial charge on any atom is -0.496 e. The second-order valence-corrected chi connectivity index (χ2v) is 7.73. The number of nitrogens with one attached hydrogen (secondary N) is 1.